The van der Waals surface area contributed by atoms with Gasteiger partial charge in [-0.15, -0.1) is 0 Å². The number of nitrogen functional groups attached to an aromatic ring is 1. The van der Waals surface area contributed by atoms with Crippen LogP contribution < -0.4 is 5.73 Å². The van der Waals surface area contributed by atoms with Crippen molar-refractivity contribution in [1.82, 2.24) is 9.78 Å². The van der Waals surface area contributed by atoms with Gasteiger partial charge in [-0.1, -0.05) is 11.6 Å². The van der Waals surface area contributed by atoms with Gasteiger partial charge >= 0.3 is 0 Å². The quantitative estimate of drug-likeness (QED) is 0.466. The number of fused-ring (bicyclic) bond motifs is 1. The Kier molecular flexibility index (Phi) is 5.32. The fourth-order valence-corrected chi connectivity index (χ4v) is 3.85. The Labute approximate surface area is 162 Å². The van der Waals surface area contributed by atoms with Crippen molar-refractivity contribution in [2.24, 2.45) is 7.05 Å². The van der Waals surface area contributed by atoms with Crippen molar-refractivity contribution in [1.29, 1.82) is 0 Å². The van der Waals surface area contributed by atoms with Crippen molar-refractivity contribution in [3.8, 4) is 0 Å². The van der Waals surface area contributed by atoms with Crippen molar-refractivity contribution in [2.75, 3.05) is 12.3 Å². The molecular weight excluding hydrogens is 425 g/mol. The molecule has 1 heterocycles. The summed E-state index contributed by atoms with van der Waals surface area (Å²) in [5.41, 5.74) is 8.10. The second kappa shape index (κ2) is 7.34. The van der Waals surface area contributed by atoms with Gasteiger partial charge in [0.2, 0.25) is 0 Å². The summed E-state index contributed by atoms with van der Waals surface area (Å²) in [4.78, 5) is 12.9. The fourth-order valence-electron chi connectivity index (χ4n) is 2.94. The standard InChI is InChI=1S/C18H16BrClFN3O2/c1-24-14(3-2-6-25)11-8-13(22)15(16(19)17(11)23-24)18(26)10-7-9(21)4-5-12(10)20/h4-5,7-8,25H,2-3,6,22H2,1H3. The van der Waals surface area contributed by atoms with Crippen LogP contribution in [-0.4, -0.2) is 27.3 Å². The third kappa shape index (κ3) is 3.22. The van der Waals surface area contributed by atoms with Crippen LogP contribution in [0.2, 0.25) is 5.02 Å². The summed E-state index contributed by atoms with van der Waals surface area (Å²) in [6.07, 6.45) is 1.21. The van der Waals surface area contributed by atoms with Crippen LogP contribution in [0.3, 0.4) is 0 Å². The highest BCUT2D eigenvalue weighted by molar-refractivity contribution is 9.10. The van der Waals surface area contributed by atoms with Crippen LogP contribution in [0.25, 0.3) is 10.9 Å². The number of carbonyl (C=O) groups is 1. The molecule has 26 heavy (non-hydrogen) atoms. The summed E-state index contributed by atoms with van der Waals surface area (Å²) in [7, 11) is 1.79. The molecule has 3 N–H and O–H groups in total. The van der Waals surface area contributed by atoms with E-state index in [4.69, 9.17) is 22.4 Å². The van der Waals surface area contributed by atoms with Gasteiger partial charge in [0.1, 0.15) is 11.3 Å². The molecule has 0 fully saturated rings. The Morgan fingerprint density at radius 3 is 2.85 bits per heavy atom. The number of hydrogen-bond acceptors (Lipinski definition) is 4. The van der Waals surface area contributed by atoms with Crippen molar-refractivity contribution in [3.63, 3.8) is 0 Å². The minimum absolute atomic E-state index is 0.0369. The summed E-state index contributed by atoms with van der Waals surface area (Å²) >= 11 is 9.49. The highest BCUT2D eigenvalue weighted by atomic mass is 79.9. The van der Waals surface area contributed by atoms with E-state index in [1.807, 2.05) is 0 Å². The second-order valence-electron chi connectivity index (χ2n) is 5.90. The maximum atomic E-state index is 13.6. The summed E-state index contributed by atoms with van der Waals surface area (Å²) in [5, 5.41) is 14.5. The molecule has 3 rings (SSSR count). The average molecular weight is 441 g/mol. The number of nitrogens with two attached hydrogens (primary N) is 1. The second-order valence-corrected chi connectivity index (χ2v) is 7.10. The summed E-state index contributed by atoms with van der Waals surface area (Å²) in [5.74, 6) is -1.04. The first-order valence-corrected chi connectivity index (χ1v) is 9.06. The van der Waals surface area contributed by atoms with E-state index in [1.165, 1.54) is 12.1 Å². The number of nitrogens with zero attached hydrogens (tertiary/aromatic N) is 2. The van der Waals surface area contributed by atoms with Crippen LogP contribution >= 0.6 is 27.5 Å². The Morgan fingerprint density at radius 2 is 2.15 bits per heavy atom. The molecule has 3 aromatic rings. The Morgan fingerprint density at radius 1 is 1.42 bits per heavy atom. The number of rotatable bonds is 5. The molecule has 136 valence electrons. The first kappa shape index (κ1) is 18.8. The molecule has 0 amide bonds. The third-order valence-electron chi connectivity index (χ3n) is 4.19. The van der Waals surface area contributed by atoms with E-state index >= 15 is 0 Å². The number of ketones is 1. The van der Waals surface area contributed by atoms with Crippen molar-refractivity contribution in [2.45, 2.75) is 12.8 Å². The van der Waals surface area contributed by atoms with Crippen LogP contribution in [0.1, 0.15) is 28.0 Å². The Balaban J connectivity index is 2.18. The van der Waals surface area contributed by atoms with Gasteiger partial charge in [-0.25, -0.2) is 4.39 Å². The lowest BCUT2D eigenvalue weighted by molar-refractivity contribution is 0.103. The molecule has 0 unspecified atom stereocenters. The van der Waals surface area contributed by atoms with Gasteiger partial charge in [-0.3, -0.25) is 9.48 Å². The maximum Gasteiger partial charge on any atom is 0.197 e. The number of aryl methyl sites for hydroxylation is 2. The van der Waals surface area contributed by atoms with Gasteiger partial charge < -0.3 is 10.8 Å². The van der Waals surface area contributed by atoms with Gasteiger partial charge in [-0.2, -0.15) is 5.10 Å². The van der Waals surface area contributed by atoms with E-state index in [0.717, 1.165) is 17.1 Å². The minimum atomic E-state index is -0.558. The third-order valence-corrected chi connectivity index (χ3v) is 5.30. The predicted octanol–water partition coefficient (Wildman–Crippen LogP) is 3.87. The first-order chi connectivity index (χ1) is 12.3. The smallest absolute Gasteiger partial charge is 0.197 e. The summed E-state index contributed by atoms with van der Waals surface area (Å²) in [6, 6.07) is 5.29. The average Bonchev–Trinajstić information content (AvgIpc) is 2.91. The van der Waals surface area contributed by atoms with Gasteiger partial charge in [0.05, 0.1) is 15.1 Å². The molecule has 0 spiro atoms. The van der Waals surface area contributed by atoms with E-state index < -0.39 is 11.6 Å². The number of hydrogen-bond donors (Lipinski definition) is 2. The molecular formula is C18H16BrClFN3O2. The number of aromatic nitrogens is 2. The first-order valence-electron chi connectivity index (χ1n) is 7.89. The maximum absolute atomic E-state index is 13.6. The van der Waals surface area contributed by atoms with Crippen molar-refractivity contribution < 1.29 is 14.3 Å². The summed E-state index contributed by atoms with van der Waals surface area (Å²) < 4.78 is 15.7. The van der Waals surface area contributed by atoms with Crippen LogP contribution in [-0.2, 0) is 13.5 Å². The van der Waals surface area contributed by atoms with Crippen LogP contribution in [0, 0.1) is 5.82 Å². The lowest BCUT2D eigenvalue weighted by Gasteiger charge is -2.10. The molecule has 2 aromatic carbocycles. The minimum Gasteiger partial charge on any atom is -0.398 e. The van der Waals surface area contributed by atoms with Gasteiger partial charge in [0, 0.05) is 36.0 Å². The van der Waals surface area contributed by atoms with E-state index in [0.29, 0.717) is 22.8 Å². The van der Waals surface area contributed by atoms with Crippen molar-refractivity contribution in [3.05, 3.63) is 56.4 Å². The van der Waals surface area contributed by atoms with Crippen LogP contribution in [0.4, 0.5) is 10.1 Å². The number of anilines is 1. The molecule has 5 nitrogen and oxygen atoms in total. The number of halogens is 3. The predicted molar refractivity (Wildman–Crippen MR) is 103 cm³/mol. The normalized spacial score (nSPS) is 11.3. The zero-order valence-electron chi connectivity index (χ0n) is 13.9. The molecule has 0 aliphatic heterocycles. The molecule has 8 heteroatoms. The van der Waals surface area contributed by atoms with E-state index in [-0.39, 0.29) is 28.4 Å². The molecule has 0 radical (unpaired) electrons. The molecule has 0 saturated carbocycles. The van der Waals surface area contributed by atoms with Gasteiger partial charge in [0.15, 0.2) is 5.78 Å². The van der Waals surface area contributed by atoms with E-state index in [2.05, 4.69) is 21.0 Å². The monoisotopic (exact) mass is 439 g/mol. The Bertz CT molecular complexity index is 1020. The Hall–Kier alpha value is -1.96. The van der Waals surface area contributed by atoms with E-state index in [1.54, 1.807) is 17.8 Å². The van der Waals surface area contributed by atoms with Crippen LogP contribution in [0.15, 0.2) is 28.7 Å². The molecule has 0 atom stereocenters. The fraction of sp³-hybridized carbons (Fsp3) is 0.222. The van der Waals surface area contributed by atoms with Crippen LogP contribution in [0.5, 0.6) is 0 Å². The summed E-state index contributed by atoms with van der Waals surface area (Å²) in [6.45, 7) is 0.0674. The number of aliphatic hydroxyl groups is 1. The molecule has 0 aliphatic rings. The number of benzene rings is 2. The molecule has 0 aliphatic carbocycles. The SMILES string of the molecule is Cn1nc2c(Br)c(C(=O)c3cc(F)ccc3Cl)c(N)cc2c1CCCO. The lowest BCUT2D eigenvalue weighted by atomic mass is 9.99. The topological polar surface area (TPSA) is 81.1 Å². The number of carbonyl (C=O) groups excluding carboxylic acids is 1. The number of aliphatic hydroxyl groups excluding tert-OH is 1. The largest absolute Gasteiger partial charge is 0.398 e. The zero-order chi connectivity index (χ0) is 19.0. The lowest BCUT2D eigenvalue weighted by Crippen LogP contribution is -2.08. The highest BCUT2D eigenvalue weighted by Crippen LogP contribution is 2.36. The van der Waals surface area contributed by atoms with E-state index in [9.17, 15) is 9.18 Å². The molecule has 0 saturated heterocycles. The molecule has 1 aromatic heterocycles. The zero-order valence-corrected chi connectivity index (χ0v) is 16.2. The highest BCUT2D eigenvalue weighted by Gasteiger charge is 2.24. The van der Waals surface area contributed by atoms with Crippen molar-refractivity contribution >= 4 is 49.9 Å². The van der Waals surface area contributed by atoms with Gasteiger partial charge in [-0.05, 0) is 53.0 Å². The molecule has 0 bridgehead atoms. The van der Waals surface area contributed by atoms with Gasteiger partial charge in [0.25, 0.3) is 0 Å².